The van der Waals surface area contributed by atoms with Gasteiger partial charge in [-0.15, -0.1) is 11.3 Å². The van der Waals surface area contributed by atoms with Crippen LogP contribution >= 0.6 is 11.3 Å². The fourth-order valence-corrected chi connectivity index (χ4v) is 2.19. The van der Waals surface area contributed by atoms with E-state index in [1.54, 1.807) is 0 Å². The first-order valence-electron chi connectivity index (χ1n) is 5.85. The first kappa shape index (κ1) is 15.9. The Morgan fingerprint density at radius 2 is 2.20 bits per heavy atom. The summed E-state index contributed by atoms with van der Waals surface area (Å²) in [7, 11) is 0. The van der Waals surface area contributed by atoms with Gasteiger partial charge in [-0.3, -0.25) is 4.79 Å². The zero-order chi connectivity index (χ0) is 15.1. The minimum absolute atomic E-state index is 0.321. The van der Waals surface area contributed by atoms with E-state index in [0.717, 1.165) is 10.7 Å². The molecule has 9 heteroatoms. The molecule has 1 rings (SSSR count). The maximum absolute atomic E-state index is 11.5. The Labute approximate surface area is 119 Å². The number of aryl methyl sites for hydroxylation is 1. The van der Waals surface area contributed by atoms with Crippen molar-refractivity contribution in [3.05, 3.63) is 16.1 Å². The van der Waals surface area contributed by atoms with Gasteiger partial charge in [0.1, 0.15) is 6.04 Å². The summed E-state index contributed by atoms with van der Waals surface area (Å²) in [6.07, 6.45) is 0.105. The van der Waals surface area contributed by atoms with Crippen LogP contribution in [0.4, 0.5) is 4.79 Å². The van der Waals surface area contributed by atoms with Crippen LogP contribution in [-0.2, 0) is 16.0 Å². The third-order valence-electron chi connectivity index (χ3n) is 2.30. The Hall–Kier alpha value is -2.16. The quantitative estimate of drug-likeness (QED) is 0.544. The van der Waals surface area contributed by atoms with Crippen LogP contribution in [0.2, 0.25) is 0 Å². The number of carbonyl (C=O) groups is 3. The molecule has 0 aliphatic carbocycles. The number of nitrogens with one attached hydrogen (secondary N) is 2. The molecule has 0 aromatic carbocycles. The number of rotatable bonds is 7. The fourth-order valence-electron chi connectivity index (χ4n) is 1.41. The largest absolute Gasteiger partial charge is 0.480 e. The molecule has 5 N–H and O–H groups in total. The van der Waals surface area contributed by atoms with Crippen LogP contribution in [0.15, 0.2) is 5.38 Å². The highest BCUT2D eigenvalue weighted by Gasteiger charge is 2.21. The minimum Gasteiger partial charge on any atom is -0.480 e. The van der Waals surface area contributed by atoms with Crippen molar-refractivity contribution >= 4 is 29.2 Å². The van der Waals surface area contributed by atoms with Gasteiger partial charge in [-0.25, -0.2) is 14.6 Å². The molecule has 1 atom stereocenters. The number of nitrogens with two attached hydrogens (primary N) is 1. The first-order chi connectivity index (χ1) is 9.38. The number of carbonyl (C=O) groups excluding carboxylic acids is 2. The summed E-state index contributed by atoms with van der Waals surface area (Å²) in [6.45, 7) is 2.20. The van der Waals surface area contributed by atoms with Gasteiger partial charge in [-0.05, 0) is 6.92 Å². The van der Waals surface area contributed by atoms with Crippen LogP contribution in [0.1, 0.15) is 17.1 Å². The maximum Gasteiger partial charge on any atom is 0.326 e. The molecule has 0 saturated carbocycles. The molecule has 0 saturated heterocycles. The van der Waals surface area contributed by atoms with Gasteiger partial charge in [0.2, 0.25) is 5.91 Å². The number of nitrogens with zero attached hydrogens (tertiary/aromatic N) is 1. The Balaban J connectivity index is 2.34. The lowest BCUT2D eigenvalue weighted by Gasteiger charge is -2.13. The van der Waals surface area contributed by atoms with Crippen molar-refractivity contribution in [3.8, 4) is 0 Å². The predicted octanol–water partition coefficient (Wildman–Crippen LogP) is -0.378. The first-order valence-corrected chi connectivity index (χ1v) is 6.73. The molecule has 0 unspecified atom stereocenters. The molecule has 0 bridgehead atoms. The van der Waals surface area contributed by atoms with Crippen molar-refractivity contribution in [2.24, 2.45) is 5.73 Å². The number of urea groups is 1. The number of thiazole rings is 1. The summed E-state index contributed by atoms with van der Waals surface area (Å²) < 4.78 is 0. The summed E-state index contributed by atoms with van der Waals surface area (Å²) in [6, 6.07) is -1.98. The van der Waals surface area contributed by atoms with Crippen LogP contribution in [0, 0.1) is 6.92 Å². The molecule has 1 aromatic rings. The molecular formula is C11H16N4O4S. The van der Waals surface area contributed by atoms with Gasteiger partial charge >= 0.3 is 12.0 Å². The average molecular weight is 300 g/mol. The Morgan fingerprint density at radius 1 is 1.50 bits per heavy atom. The van der Waals surface area contributed by atoms with Gasteiger partial charge < -0.3 is 21.5 Å². The van der Waals surface area contributed by atoms with Gasteiger partial charge in [0.25, 0.3) is 0 Å². The fraction of sp³-hybridized carbons (Fsp3) is 0.455. The maximum atomic E-state index is 11.5. The van der Waals surface area contributed by atoms with E-state index < -0.39 is 30.4 Å². The van der Waals surface area contributed by atoms with Gasteiger partial charge in [0.15, 0.2) is 0 Å². The molecule has 1 aromatic heterocycles. The summed E-state index contributed by atoms with van der Waals surface area (Å²) in [4.78, 5) is 37.2. The van der Waals surface area contributed by atoms with Gasteiger partial charge in [-0.1, -0.05) is 0 Å². The van der Waals surface area contributed by atoms with Gasteiger partial charge in [0.05, 0.1) is 11.4 Å². The lowest BCUT2D eigenvalue weighted by molar-refractivity contribution is -0.140. The van der Waals surface area contributed by atoms with E-state index in [1.165, 1.54) is 11.3 Å². The average Bonchev–Trinajstić information content (AvgIpc) is 2.73. The third kappa shape index (κ3) is 5.65. The Bertz CT molecular complexity index is 502. The van der Waals surface area contributed by atoms with Crippen molar-refractivity contribution in [2.45, 2.75) is 25.8 Å². The van der Waals surface area contributed by atoms with Gasteiger partial charge in [0, 0.05) is 24.0 Å². The molecular weight excluding hydrogens is 284 g/mol. The summed E-state index contributed by atoms with van der Waals surface area (Å²) >= 11 is 1.49. The summed E-state index contributed by atoms with van der Waals surface area (Å²) in [5, 5.41) is 16.3. The van der Waals surface area contributed by atoms with Crippen LogP contribution < -0.4 is 16.4 Å². The number of carboxylic acid groups (broad SMARTS) is 1. The number of aromatic nitrogens is 1. The zero-order valence-electron chi connectivity index (χ0n) is 10.9. The number of hydrogen-bond donors (Lipinski definition) is 4. The van der Waals surface area contributed by atoms with E-state index >= 15 is 0 Å². The second kappa shape index (κ2) is 7.43. The monoisotopic (exact) mass is 300 g/mol. The predicted molar refractivity (Wildman–Crippen MR) is 72.3 cm³/mol. The Morgan fingerprint density at radius 3 is 2.70 bits per heavy atom. The molecule has 8 nitrogen and oxygen atoms in total. The molecule has 3 amide bonds. The molecule has 110 valence electrons. The van der Waals surface area contributed by atoms with Crippen molar-refractivity contribution in [3.63, 3.8) is 0 Å². The van der Waals surface area contributed by atoms with E-state index in [1.807, 2.05) is 12.3 Å². The second-order valence-electron chi connectivity index (χ2n) is 4.09. The number of amides is 3. The van der Waals surface area contributed by atoms with Crippen molar-refractivity contribution in [2.75, 3.05) is 6.54 Å². The molecule has 0 radical (unpaired) electrons. The molecule has 0 aliphatic heterocycles. The molecule has 1 heterocycles. The van der Waals surface area contributed by atoms with Crippen LogP contribution in [-0.4, -0.2) is 40.6 Å². The second-order valence-corrected chi connectivity index (χ2v) is 5.04. The highest BCUT2D eigenvalue weighted by atomic mass is 32.1. The molecule has 0 fully saturated rings. The Kier molecular flexibility index (Phi) is 5.91. The highest BCUT2D eigenvalue weighted by Crippen LogP contribution is 2.08. The van der Waals surface area contributed by atoms with E-state index in [-0.39, 0.29) is 0 Å². The third-order valence-corrected chi connectivity index (χ3v) is 3.33. The number of hydrogen-bond acceptors (Lipinski definition) is 5. The van der Waals surface area contributed by atoms with E-state index in [4.69, 9.17) is 10.8 Å². The lowest BCUT2D eigenvalue weighted by Crippen LogP contribution is -2.48. The number of primary amides is 1. The lowest BCUT2D eigenvalue weighted by atomic mass is 10.2. The van der Waals surface area contributed by atoms with E-state index in [2.05, 4.69) is 15.6 Å². The van der Waals surface area contributed by atoms with Gasteiger partial charge in [-0.2, -0.15) is 0 Å². The normalized spacial score (nSPS) is 11.7. The van der Waals surface area contributed by atoms with Crippen LogP contribution in [0.5, 0.6) is 0 Å². The smallest absolute Gasteiger partial charge is 0.326 e. The van der Waals surface area contributed by atoms with Crippen LogP contribution in [0.25, 0.3) is 0 Å². The van der Waals surface area contributed by atoms with Crippen molar-refractivity contribution < 1.29 is 19.5 Å². The summed E-state index contributed by atoms with van der Waals surface area (Å²) in [5.74, 6) is -2.11. The van der Waals surface area contributed by atoms with E-state index in [9.17, 15) is 14.4 Å². The van der Waals surface area contributed by atoms with Crippen molar-refractivity contribution in [1.29, 1.82) is 0 Å². The minimum atomic E-state index is -1.32. The SMILES string of the molecule is Cc1csc(CCNC(=O)N[C@@H](CC(N)=O)C(=O)O)n1. The van der Waals surface area contributed by atoms with Crippen LogP contribution in [0.3, 0.4) is 0 Å². The topological polar surface area (TPSA) is 134 Å². The molecule has 0 spiro atoms. The summed E-state index contributed by atoms with van der Waals surface area (Å²) in [5.41, 5.74) is 5.82. The standard InChI is InChI=1S/C11H16N4O4S/c1-6-5-20-9(14-6)2-3-13-11(19)15-7(10(17)18)4-8(12)16/h5,7H,2-4H2,1H3,(H2,12,16)(H,17,18)(H2,13,15,19)/t7-/m0/s1. The zero-order valence-corrected chi connectivity index (χ0v) is 11.7. The number of carboxylic acids is 1. The highest BCUT2D eigenvalue weighted by molar-refractivity contribution is 7.09. The molecule has 20 heavy (non-hydrogen) atoms. The van der Waals surface area contributed by atoms with Crippen molar-refractivity contribution in [1.82, 2.24) is 15.6 Å². The molecule has 0 aliphatic rings. The van der Waals surface area contributed by atoms with E-state index in [0.29, 0.717) is 13.0 Å². The number of aliphatic carboxylic acids is 1.